The number of H-pyrrole nitrogens is 1. The molecular formula is C35H26BrCl2N5O6. The second-order valence-electron chi connectivity index (χ2n) is 12.9. The van der Waals surface area contributed by atoms with Crippen molar-refractivity contribution in [1.82, 2.24) is 20.3 Å². The van der Waals surface area contributed by atoms with Crippen LogP contribution >= 0.6 is 39.1 Å². The first-order valence-electron chi connectivity index (χ1n) is 15.5. The lowest BCUT2D eigenvalue weighted by Gasteiger charge is -2.32. The van der Waals surface area contributed by atoms with Gasteiger partial charge in [-0.3, -0.25) is 4.79 Å². The lowest BCUT2D eigenvalue weighted by molar-refractivity contribution is -0.123. The van der Waals surface area contributed by atoms with Crippen LogP contribution in [-0.2, 0) is 16.6 Å². The summed E-state index contributed by atoms with van der Waals surface area (Å²) in [6.45, 7) is 3.81. The van der Waals surface area contributed by atoms with Crippen molar-refractivity contribution in [3.8, 4) is 45.5 Å². The van der Waals surface area contributed by atoms with E-state index in [0.29, 0.717) is 48.9 Å². The number of phenols is 1. The molecule has 1 spiro atoms. The molecule has 6 N–H and O–H groups in total. The van der Waals surface area contributed by atoms with Crippen molar-refractivity contribution in [2.24, 2.45) is 11.7 Å². The van der Waals surface area contributed by atoms with Crippen molar-refractivity contribution < 1.29 is 28.6 Å². The van der Waals surface area contributed by atoms with E-state index in [-0.39, 0.29) is 63.0 Å². The summed E-state index contributed by atoms with van der Waals surface area (Å²) in [4.78, 5) is 26.2. The zero-order chi connectivity index (χ0) is 34.1. The monoisotopic (exact) mass is 761 g/mol. The standard InChI is InChI=1S/C35H26BrCl2N5O6/c1-12(2)23-32-42-24-28(49-32)35(17-9-13(10-18(36)25(17)44)11-19(39)31(45)41-23)16-7-3-6-15(26(16)48-34(35)46)14-5-4-8-20-21(14)22(29(37)40-20)27-30(38)43-33(24)47-27/h3-10,12,19,23,34,40,44,46H,11,39H2,1-2H3,(H,41,45)/t19-,23-,34?,35?/m0/s1. The van der Waals surface area contributed by atoms with Crippen LogP contribution in [0.25, 0.3) is 44.9 Å². The molecule has 0 fully saturated rings. The Morgan fingerprint density at radius 2 is 1.86 bits per heavy atom. The van der Waals surface area contributed by atoms with Gasteiger partial charge in [-0.2, -0.15) is 4.98 Å². The van der Waals surface area contributed by atoms with Gasteiger partial charge in [0.25, 0.3) is 5.89 Å². The lowest BCUT2D eigenvalue weighted by atomic mass is 9.70. The minimum absolute atomic E-state index is 0.0129. The number of aromatic amines is 1. The number of aromatic nitrogens is 3. The van der Waals surface area contributed by atoms with Crippen molar-refractivity contribution in [2.75, 3.05) is 0 Å². The largest absolute Gasteiger partial charge is 0.506 e. The van der Waals surface area contributed by atoms with Crippen LogP contribution in [-0.4, -0.2) is 43.4 Å². The van der Waals surface area contributed by atoms with Crippen LogP contribution in [0.3, 0.4) is 0 Å². The summed E-state index contributed by atoms with van der Waals surface area (Å²) in [7, 11) is 0. The number of oxazole rings is 2. The van der Waals surface area contributed by atoms with Gasteiger partial charge in [-0.25, -0.2) is 4.98 Å². The highest BCUT2D eigenvalue weighted by Gasteiger charge is 2.59. The summed E-state index contributed by atoms with van der Waals surface area (Å²) in [6.07, 6.45) is -1.54. The number of carbonyl (C=O) groups excluding carboxylic acids is 1. The number of nitrogens with zero attached hydrogens (tertiary/aromatic N) is 2. The normalized spacial score (nSPS) is 22.2. The Hall–Kier alpha value is -4.33. The Bertz CT molecular complexity index is 2400. The van der Waals surface area contributed by atoms with Crippen molar-refractivity contribution in [2.45, 2.75) is 44.1 Å². The smallest absolute Gasteiger partial charge is 0.250 e. The van der Waals surface area contributed by atoms with E-state index < -0.39 is 29.7 Å². The average molecular weight is 763 g/mol. The van der Waals surface area contributed by atoms with E-state index in [1.54, 1.807) is 12.1 Å². The zero-order valence-electron chi connectivity index (χ0n) is 25.8. The fourth-order valence-corrected chi connectivity index (χ4v) is 8.44. The van der Waals surface area contributed by atoms with Crippen LogP contribution in [0.1, 0.15) is 48.2 Å². The summed E-state index contributed by atoms with van der Waals surface area (Å²) >= 11 is 17.2. The number of para-hydroxylation sites is 1. The molecular weight excluding hydrogens is 737 g/mol. The van der Waals surface area contributed by atoms with E-state index in [4.69, 9.17) is 47.5 Å². The first kappa shape index (κ1) is 30.7. The quantitative estimate of drug-likeness (QED) is 0.119. The molecule has 2 unspecified atom stereocenters. The van der Waals surface area contributed by atoms with Gasteiger partial charge >= 0.3 is 0 Å². The number of halogens is 3. The van der Waals surface area contributed by atoms with Crippen LogP contribution in [0.4, 0.5) is 0 Å². The molecule has 3 aliphatic heterocycles. The number of benzene rings is 3. The number of hydrogen-bond donors (Lipinski definition) is 5. The number of aromatic hydroxyl groups is 1. The second-order valence-corrected chi connectivity index (χ2v) is 14.5. The Balaban J connectivity index is 1.51. The topological polar surface area (TPSA) is 173 Å². The van der Waals surface area contributed by atoms with E-state index in [2.05, 4.69) is 31.2 Å². The Morgan fingerprint density at radius 3 is 2.65 bits per heavy atom. The molecule has 0 saturated heterocycles. The van der Waals surface area contributed by atoms with Crippen LogP contribution < -0.4 is 15.8 Å². The van der Waals surface area contributed by atoms with Gasteiger partial charge in [0.05, 0.1) is 16.1 Å². The predicted octanol–water partition coefficient (Wildman–Crippen LogP) is 6.98. The van der Waals surface area contributed by atoms with Gasteiger partial charge in [0, 0.05) is 27.6 Å². The van der Waals surface area contributed by atoms with Crippen LogP contribution in [0, 0.1) is 5.92 Å². The van der Waals surface area contributed by atoms with Crippen LogP contribution in [0.15, 0.2) is 61.8 Å². The number of fused-ring (bicyclic) bond motifs is 8. The molecule has 11 nitrogen and oxygen atoms in total. The molecule has 248 valence electrons. The van der Waals surface area contributed by atoms with E-state index in [1.165, 1.54) is 0 Å². The number of nitrogens with two attached hydrogens (primary N) is 1. The summed E-state index contributed by atoms with van der Waals surface area (Å²) in [6, 6.07) is 12.9. The first-order valence-corrected chi connectivity index (χ1v) is 17.1. The van der Waals surface area contributed by atoms with E-state index in [0.717, 1.165) is 0 Å². The maximum Gasteiger partial charge on any atom is 0.250 e. The van der Waals surface area contributed by atoms with E-state index in [1.807, 2.05) is 50.2 Å². The third-order valence-corrected chi connectivity index (χ3v) is 10.8. The number of aliphatic hydroxyl groups is 1. The highest BCUT2D eigenvalue weighted by molar-refractivity contribution is 9.10. The molecule has 3 aromatic carbocycles. The Morgan fingerprint density at radius 1 is 1.08 bits per heavy atom. The van der Waals surface area contributed by atoms with Gasteiger partial charge in [0.2, 0.25) is 18.1 Å². The first-order chi connectivity index (χ1) is 23.5. The third-order valence-electron chi connectivity index (χ3n) is 9.70. The highest BCUT2D eigenvalue weighted by Crippen LogP contribution is 2.60. The van der Waals surface area contributed by atoms with E-state index in [9.17, 15) is 15.0 Å². The molecule has 4 atom stereocenters. The predicted molar refractivity (Wildman–Crippen MR) is 184 cm³/mol. The van der Waals surface area contributed by atoms with Crippen molar-refractivity contribution >= 4 is 55.9 Å². The van der Waals surface area contributed by atoms with Crippen LogP contribution in [0.2, 0.25) is 10.3 Å². The maximum absolute atomic E-state index is 13.5. The molecule has 3 aliphatic rings. The van der Waals surface area contributed by atoms with Crippen molar-refractivity contribution in [3.05, 3.63) is 91.7 Å². The second kappa shape index (κ2) is 10.6. The number of phenolic OH excluding ortho intramolecular Hbond substituents is 1. The molecule has 1 amide bonds. The highest BCUT2D eigenvalue weighted by atomic mass is 79.9. The van der Waals surface area contributed by atoms with Gasteiger partial charge in [0.1, 0.15) is 28.1 Å². The minimum Gasteiger partial charge on any atom is -0.506 e. The molecule has 3 aromatic heterocycles. The molecule has 0 radical (unpaired) electrons. The van der Waals surface area contributed by atoms with Gasteiger partial charge in [-0.15, -0.1) is 0 Å². The van der Waals surface area contributed by atoms with Gasteiger partial charge in [-0.05, 0) is 51.5 Å². The average Bonchev–Trinajstić information content (AvgIpc) is 3.81. The summed E-state index contributed by atoms with van der Waals surface area (Å²) in [5, 5.41) is 28.3. The zero-order valence-corrected chi connectivity index (χ0v) is 28.9. The number of aliphatic hydroxyl groups excluding tert-OH is 1. The summed E-state index contributed by atoms with van der Waals surface area (Å²) < 4.78 is 20.0. The molecule has 49 heavy (non-hydrogen) atoms. The number of amides is 1. The van der Waals surface area contributed by atoms with Crippen molar-refractivity contribution in [1.29, 1.82) is 0 Å². The number of rotatable bonds is 1. The number of nitrogens with one attached hydrogen (secondary N) is 2. The molecule has 10 bridgehead atoms. The third kappa shape index (κ3) is 4.12. The number of carbonyl (C=O) groups is 1. The lowest BCUT2D eigenvalue weighted by Crippen LogP contribution is -2.45. The fraction of sp³-hybridized carbons (Fsp3) is 0.229. The number of hydrogen-bond acceptors (Lipinski definition) is 9. The molecule has 6 heterocycles. The molecule has 0 aliphatic carbocycles. The molecule has 14 heteroatoms. The van der Waals surface area contributed by atoms with Gasteiger partial charge in [-0.1, -0.05) is 73.4 Å². The molecule has 9 rings (SSSR count). The maximum atomic E-state index is 13.5. The van der Waals surface area contributed by atoms with Gasteiger partial charge in [0.15, 0.2) is 22.4 Å². The minimum atomic E-state index is -1.75. The van der Waals surface area contributed by atoms with Crippen LogP contribution in [0.5, 0.6) is 11.5 Å². The molecule has 0 saturated carbocycles. The van der Waals surface area contributed by atoms with E-state index >= 15 is 0 Å². The van der Waals surface area contributed by atoms with Gasteiger partial charge < -0.3 is 39.8 Å². The fourth-order valence-electron chi connectivity index (χ4n) is 7.44. The summed E-state index contributed by atoms with van der Waals surface area (Å²) in [5.41, 5.74) is 8.60. The Labute approximate surface area is 296 Å². The SMILES string of the molecule is CC(C)[C@@H]1NC(=O)[C@@H](N)Cc2cc(Br)c(O)c(c2)C23c4cccc(c4OC2O)-c2cccc4[nH]c(Cl)c(c24)-c2oc(nc2Cl)-c2nc1oc23. The number of ether oxygens (including phenoxy) is 1. The Kier molecular flexibility index (Phi) is 6.63. The summed E-state index contributed by atoms with van der Waals surface area (Å²) in [5.74, 6) is -0.178. The van der Waals surface area contributed by atoms with Crippen molar-refractivity contribution in [3.63, 3.8) is 0 Å². The molecule has 6 aromatic rings.